The highest BCUT2D eigenvalue weighted by atomic mass is 35.5. The number of benzene rings is 1. The van der Waals surface area contributed by atoms with Crippen molar-refractivity contribution < 1.29 is 4.79 Å². The van der Waals surface area contributed by atoms with Gasteiger partial charge in [0, 0.05) is 24.1 Å². The number of carbonyl (C=O) groups excluding carboxylic acids is 1. The van der Waals surface area contributed by atoms with E-state index < -0.39 is 11.5 Å². The molecule has 1 atom stereocenters. The van der Waals surface area contributed by atoms with Gasteiger partial charge in [0.15, 0.2) is 11.0 Å². The van der Waals surface area contributed by atoms with Gasteiger partial charge < -0.3 is 22.1 Å². The largest absolute Gasteiger partial charge is 0.384 e. The molecule has 0 saturated carbocycles. The van der Waals surface area contributed by atoms with Crippen LogP contribution in [-0.4, -0.2) is 34.4 Å². The maximum atomic E-state index is 13.1. The summed E-state index contributed by atoms with van der Waals surface area (Å²) in [5.41, 5.74) is 12.2. The lowest BCUT2D eigenvalue weighted by Gasteiger charge is -2.19. The topological polar surface area (TPSA) is 152 Å². The summed E-state index contributed by atoms with van der Waals surface area (Å²) < 4.78 is 1.47. The smallest absolute Gasteiger partial charge is 0.294 e. The number of hydrogen-bond donors (Lipinski definition) is 5. The predicted molar refractivity (Wildman–Crippen MR) is 122 cm³/mol. The van der Waals surface area contributed by atoms with Crippen molar-refractivity contribution in [2.75, 3.05) is 18.4 Å². The normalized spacial score (nSPS) is 16.6. The zero-order chi connectivity index (χ0) is 22.8. The molecule has 1 aliphatic heterocycles. The predicted octanol–water partition coefficient (Wildman–Crippen LogP) is 1.48. The van der Waals surface area contributed by atoms with Crippen LogP contribution in [0.1, 0.15) is 49.6 Å². The minimum Gasteiger partial charge on any atom is -0.384 e. The number of anilines is 1. The van der Waals surface area contributed by atoms with Gasteiger partial charge in [-0.15, -0.1) is 0 Å². The van der Waals surface area contributed by atoms with E-state index in [2.05, 4.69) is 15.6 Å². The molecule has 166 valence electrons. The lowest BCUT2D eigenvalue weighted by atomic mass is 9.87. The van der Waals surface area contributed by atoms with Crippen molar-refractivity contribution in [1.29, 1.82) is 5.41 Å². The molecule has 1 aliphatic rings. The summed E-state index contributed by atoms with van der Waals surface area (Å²) in [4.78, 5) is 30.4. The van der Waals surface area contributed by atoms with E-state index in [-0.39, 0.29) is 28.3 Å². The Morgan fingerprint density at radius 2 is 2.03 bits per heavy atom. The molecule has 0 spiro atoms. The lowest BCUT2D eigenvalue weighted by Crippen LogP contribution is -2.36. The van der Waals surface area contributed by atoms with E-state index in [1.54, 1.807) is 24.3 Å². The molecular formula is C21H28ClN7O2. The van der Waals surface area contributed by atoms with Gasteiger partial charge in [0.2, 0.25) is 5.91 Å². The molecule has 1 aromatic carbocycles. The number of amidine groups is 1. The Morgan fingerprint density at radius 1 is 1.35 bits per heavy atom. The van der Waals surface area contributed by atoms with Crippen molar-refractivity contribution in [1.82, 2.24) is 14.9 Å². The second-order valence-corrected chi connectivity index (χ2v) is 8.63. The van der Waals surface area contributed by atoms with E-state index in [0.29, 0.717) is 43.7 Å². The van der Waals surface area contributed by atoms with Crippen molar-refractivity contribution in [2.24, 2.45) is 11.5 Å². The maximum absolute atomic E-state index is 13.1. The van der Waals surface area contributed by atoms with Crippen LogP contribution < -0.4 is 27.7 Å². The molecule has 2 heterocycles. The first-order valence-corrected chi connectivity index (χ1v) is 10.5. The van der Waals surface area contributed by atoms with Crippen LogP contribution in [-0.2, 0) is 16.8 Å². The molecule has 0 saturated heterocycles. The molecule has 1 aromatic heterocycles. The van der Waals surface area contributed by atoms with E-state index in [9.17, 15) is 9.59 Å². The zero-order valence-corrected chi connectivity index (χ0v) is 18.4. The number of amides is 1. The molecule has 31 heavy (non-hydrogen) atoms. The van der Waals surface area contributed by atoms with Crippen LogP contribution >= 0.6 is 11.6 Å². The molecule has 0 bridgehead atoms. The van der Waals surface area contributed by atoms with Crippen molar-refractivity contribution >= 4 is 29.2 Å². The highest BCUT2D eigenvalue weighted by Crippen LogP contribution is 2.42. The molecule has 10 heteroatoms. The summed E-state index contributed by atoms with van der Waals surface area (Å²) in [5, 5.41) is 13.5. The molecule has 2 aromatic rings. The van der Waals surface area contributed by atoms with Gasteiger partial charge in [0.1, 0.15) is 11.9 Å². The maximum Gasteiger partial charge on any atom is 0.294 e. The Kier molecular flexibility index (Phi) is 6.66. The SMILES string of the molecule is CC1(C)C[C@@H](C(=O)NCc2ccc(C(=N)N)cc2)n2c1c(Cl)nc(NCCCN)c2=O. The number of fused-ring (bicyclic) bond motifs is 1. The summed E-state index contributed by atoms with van der Waals surface area (Å²) in [7, 11) is 0. The fraction of sp³-hybridized carbons (Fsp3) is 0.429. The van der Waals surface area contributed by atoms with Gasteiger partial charge in [-0.2, -0.15) is 0 Å². The first-order chi connectivity index (χ1) is 14.7. The van der Waals surface area contributed by atoms with Crippen LogP contribution in [0.2, 0.25) is 5.15 Å². The zero-order valence-electron chi connectivity index (χ0n) is 17.7. The number of rotatable bonds is 8. The third-order valence-electron chi connectivity index (χ3n) is 5.43. The summed E-state index contributed by atoms with van der Waals surface area (Å²) in [6, 6.07) is 6.37. The van der Waals surface area contributed by atoms with Gasteiger partial charge in [-0.1, -0.05) is 49.7 Å². The fourth-order valence-electron chi connectivity index (χ4n) is 3.83. The van der Waals surface area contributed by atoms with Gasteiger partial charge in [0.25, 0.3) is 5.56 Å². The number of nitrogen functional groups attached to an aromatic ring is 1. The van der Waals surface area contributed by atoms with Crippen molar-refractivity contribution in [3.63, 3.8) is 0 Å². The van der Waals surface area contributed by atoms with Crippen LogP contribution in [0.3, 0.4) is 0 Å². The monoisotopic (exact) mass is 445 g/mol. The van der Waals surface area contributed by atoms with E-state index in [4.69, 9.17) is 28.5 Å². The molecule has 7 N–H and O–H groups in total. The average molecular weight is 446 g/mol. The molecule has 0 unspecified atom stereocenters. The Balaban J connectivity index is 1.83. The quantitative estimate of drug-likeness (QED) is 0.236. The van der Waals surface area contributed by atoms with E-state index in [1.807, 2.05) is 13.8 Å². The second kappa shape index (κ2) is 9.07. The molecule has 9 nitrogen and oxygen atoms in total. The third kappa shape index (κ3) is 4.72. The summed E-state index contributed by atoms with van der Waals surface area (Å²) in [6.45, 7) is 5.16. The minimum atomic E-state index is -0.690. The Bertz CT molecular complexity index is 1050. The number of nitrogens with two attached hydrogens (primary N) is 2. The highest BCUT2D eigenvalue weighted by molar-refractivity contribution is 6.30. The number of aromatic nitrogens is 2. The molecular weight excluding hydrogens is 418 g/mol. The van der Waals surface area contributed by atoms with E-state index in [1.165, 1.54) is 4.57 Å². The average Bonchev–Trinajstić information content (AvgIpc) is 3.02. The first kappa shape index (κ1) is 22.8. The van der Waals surface area contributed by atoms with Gasteiger partial charge in [-0.25, -0.2) is 4.98 Å². The Morgan fingerprint density at radius 3 is 2.65 bits per heavy atom. The summed E-state index contributed by atoms with van der Waals surface area (Å²) >= 11 is 6.43. The Labute approximate surface area is 185 Å². The number of nitrogens with one attached hydrogen (secondary N) is 3. The number of carbonyl (C=O) groups is 1. The molecule has 0 fully saturated rings. The number of hydrogen-bond acceptors (Lipinski definition) is 6. The minimum absolute atomic E-state index is 0.0129. The number of nitrogens with zero attached hydrogens (tertiary/aromatic N) is 2. The standard InChI is InChI=1S/C21H28ClN7O2/c1-21(2)10-14(19(30)27-11-12-4-6-13(7-5-12)17(24)25)29-15(21)16(22)28-18(20(29)31)26-9-3-8-23/h4-7,14H,3,8-11,23H2,1-2H3,(H3,24,25)(H,26,28)(H,27,30)/t14-/m0/s1. The molecule has 0 aliphatic carbocycles. The van der Waals surface area contributed by atoms with Crippen LogP contribution in [0.15, 0.2) is 29.1 Å². The molecule has 0 radical (unpaired) electrons. The van der Waals surface area contributed by atoms with E-state index >= 15 is 0 Å². The van der Waals surface area contributed by atoms with Gasteiger partial charge in [-0.3, -0.25) is 19.6 Å². The Hall–Kier alpha value is -2.91. The highest BCUT2D eigenvalue weighted by Gasteiger charge is 2.43. The molecule has 3 rings (SSSR count). The van der Waals surface area contributed by atoms with Gasteiger partial charge >= 0.3 is 0 Å². The lowest BCUT2D eigenvalue weighted by molar-refractivity contribution is -0.124. The van der Waals surface area contributed by atoms with E-state index in [0.717, 1.165) is 5.56 Å². The van der Waals surface area contributed by atoms with Crippen molar-refractivity contribution in [3.05, 3.63) is 56.6 Å². The van der Waals surface area contributed by atoms with Crippen molar-refractivity contribution in [2.45, 2.75) is 44.7 Å². The fourth-order valence-corrected chi connectivity index (χ4v) is 4.26. The van der Waals surface area contributed by atoms with Gasteiger partial charge in [0.05, 0.1) is 5.69 Å². The number of halogens is 1. The first-order valence-electron chi connectivity index (χ1n) is 10.1. The molecule has 1 amide bonds. The summed E-state index contributed by atoms with van der Waals surface area (Å²) in [6.07, 6.45) is 1.11. The van der Waals surface area contributed by atoms with Crippen LogP contribution in [0.5, 0.6) is 0 Å². The van der Waals surface area contributed by atoms with Crippen LogP contribution in [0, 0.1) is 5.41 Å². The van der Waals surface area contributed by atoms with Crippen LogP contribution in [0.4, 0.5) is 5.82 Å². The van der Waals surface area contributed by atoms with Crippen LogP contribution in [0.25, 0.3) is 0 Å². The third-order valence-corrected chi connectivity index (χ3v) is 5.70. The van der Waals surface area contributed by atoms with Gasteiger partial charge in [-0.05, 0) is 24.9 Å². The van der Waals surface area contributed by atoms with Crippen molar-refractivity contribution in [3.8, 4) is 0 Å². The summed E-state index contributed by atoms with van der Waals surface area (Å²) in [5.74, 6) is -0.154. The second-order valence-electron chi connectivity index (χ2n) is 8.28.